The molecule has 0 bridgehead atoms. The van der Waals surface area contributed by atoms with E-state index in [4.69, 9.17) is 28.4 Å². The molecular formula is C60H111NO18. The highest BCUT2D eigenvalue weighted by molar-refractivity contribution is 5.76. The van der Waals surface area contributed by atoms with Crippen LogP contribution in [0.3, 0.4) is 0 Å². The third kappa shape index (κ3) is 27.7. The van der Waals surface area contributed by atoms with Gasteiger partial charge >= 0.3 is 0 Å². The van der Waals surface area contributed by atoms with Crippen LogP contribution in [0.2, 0.25) is 0 Å². The van der Waals surface area contributed by atoms with E-state index in [1.807, 2.05) is 6.08 Å². The van der Waals surface area contributed by atoms with Gasteiger partial charge in [-0.3, -0.25) is 4.79 Å². The molecule has 0 aliphatic carbocycles. The van der Waals surface area contributed by atoms with E-state index < -0.39 is 124 Å². The maximum atomic E-state index is 13.3. The Bertz CT molecular complexity index is 1540. The molecule has 3 aliphatic heterocycles. The summed E-state index contributed by atoms with van der Waals surface area (Å²) in [6, 6.07) is -0.974. The predicted octanol–water partition coefficient (Wildman–Crippen LogP) is 5.93. The molecule has 17 atom stereocenters. The number of aliphatic hydroxyl groups excluding tert-OH is 11. The van der Waals surface area contributed by atoms with E-state index in [1.54, 1.807) is 6.08 Å². The number of unbranched alkanes of at least 4 members (excludes halogenated alkanes) is 28. The zero-order valence-corrected chi connectivity index (χ0v) is 48.4. The summed E-state index contributed by atoms with van der Waals surface area (Å²) < 4.78 is 34.3. The lowest BCUT2D eigenvalue weighted by molar-refractivity contribution is -0.379. The Balaban J connectivity index is 1.50. The summed E-state index contributed by atoms with van der Waals surface area (Å²) in [4.78, 5) is 13.3. The lowest BCUT2D eigenvalue weighted by Gasteiger charge is -2.48. The van der Waals surface area contributed by atoms with E-state index in [1.165, 1.54) is 128 Å². The average Bonchev–Trinajstić information content (AvgIpc) is 3.47. The quantitative estimate of drug-likeness (QED) is 0.0248. The standard InChI is InChI=1S/C60H111NO18/c1-3-5-7-9-11-13-15-17-19-20-21-22-24-25-27-29-31-33-35-37-44(65)43(61-48(66)38-36-34-32-30-28-26-23-18-16-14-12-10-8-6-4-2)42-74-58-54(72)51(69)56(46(40-63)76-58)79-60-55(73)52(70)57(47(41-64)77-60)78-59-53(71)50(68)49(67)45(39-62)75-59/h18,23,35,37,43-47,49-60,62-65,67-73H,3-17,19-22,24-34,36,38-42H2,1-2H3,(H,61,66)/b23-18-,37-35+. The topological polar surface area (TPSA) is 307 Å². The van der Waals surface area contributed by atoms with Crippen LogP contribution in [0.4, 0.5) is 0 Å². The molecule has 3 saturated heterocycles. The van der Waals surface area contributed by atoms with Crippen LogP contribution in [0.5, 0.6) is 0 Å². The molecular weight excluding hydrogens is 1020 g/mol. The van der Waals surface area contributed by atoms with Crippen LogP contribution in [-0.2, 0) is 33.2 Å². The molecule has 0 aromatic rings. The number of amides is 1. The first-order valence-electron chi connectivity index (χ1n) is 31.1. The lowest BCUT2D eigenvalue weighted by Crippen LogP contribution is -2.66. The zero-order valence-electron chi connectivity index (χ0n) is 48.4. The number of nitrogens with one attached hydrogen (secondary N) is 1. The van der Waals surface area contributed by atoms with Crippen molar-refractivity contribution < 1.29 is 89.4 Å². The van der Waals surface area contributed by atoms with Gasteiger partial charge in [0.1, 0.15) is 73.2 Å². The Labute approximate surface area is 473 Å². The van der Waals surface area contributed by atoms with Gasteiger partial charge in [0.05, 0.1) is 38.6 Å². The number of hydrogen-bond acceptors (Lipinski definition) is 18. The summed E-state index contributed by atoms with van der Waals surface area (Å²) in [6.45, 7) is 1.72. The van der Waals surface area contributed by atoms with Crippen molar-refractivity contribution in [1.82, 2.24) is 5.32 Å². The van der Waals surface area contributed by atoms with Crippen molar-refractivity contribution in [2.45, 2.75) is 324 Å². The molecule has 3 heterocycles. The van der Waals surface area contributed by atoms with Gasteiger partial charge in [0.25, 0.3) is 0 Å². The SMILES string of the molecule is CCCCCCCC/C=C\CCCCCCCC(=O)NC(COC1OC(CO)C(OC2OC(CO)C(OC3OC(CO)C(O)C(O)C3O)C(O)C2O)C(O)C1O)C(O)/C=C/CCCCCCCCCCCCCCCCCCC. The van der Waals surface area contributed by atoms with Crippen LogP contribution in [0, 0.1) is 0 Å². The summed E-state index contributed by atoms with van der Waals surface area (Å²) >= 11 is 0. The van der Waals surface area contributed by atoms with Crippen LogP contribution < -0.4 is 5.32 Å². The molecule has 0 spiro atoms. The third-order valence-corrected chi connectivity index (χ3v) is 15.7. The van der Waals surface area contributed by atoms with Crippen molar-refractivity contribution >= 4 is 5.91 Å². The van der Waals surface area contributed by atoms with Crippen LogP contribution in [0.15, 0.2) is 24.3 Å². The number of carbonyl (C=O) groups is 1. The van der Waals surface area contributed by atoms with E-state index in [9.17, 15) is 61.0 Å². The molecule has 12 N–H and O–H groups in total. The van der Waals surface area contributed by atoms with E-state index in [0.29, 0.717) is 6.42 Å². The number of carbonyl (C=O) groups excluding carboxylic acids is 1. The largest absolute Gasteiger partial charge is 0.394 e. The van der Waals surface area contributed by atoms with Gasteiger partial charge in [0.15, 0.2) is 18.9 Å². The Morgan fingerprint density at radius 3 is 1.23 bits per heavy atom. The van der Waals surface area contributed by atoms with Crippen LogP contribution in [-0.4, -0.2) is 193 Å². The summed E-state index contributed by atoms with van der Waals surface area (Å²) in [6.07, 6.45) is 18.7. The Morgan fingerprint density at radius 1 is 0.443 bits per heavy atom. The Morgan fingerprint density at radius 2 is 0.797 bits per heavy atom. The van der Waals surface area contributed by atoms with Gasteiger partial charge in [0, 0.05) is 6.42 Å². The summed E-state index contributed by atoms with van der Waals surface area (Å²) in [5.41, 5.74) is 0. The predicted molar refractivity (Wildman–Crippen MR) is 300 cm³/mol. The second-order valence-electron chi connectivity index (χ2n) is 22.5. The van der Waals surface area contributed by atoms with Crippen molar-refractivity contribution in [3.8, 4) is 0 Å². The van der Waals surface area contributed by atoms with Crippen molar-refractivity contribution in [1.29, 1.82) is 0 Å². The summed E-state index contributed by atoms with van der Waals surface area (Å²) in [7, 11) is 0. The number of allylic oxidation sites excluding steroid dienone is 3. The summed E-state index contributed by atoms with van der Waals surface area (Å²) in [5.74, 6) is -0.283. The van der Waals surface area contributed by atoms with E-state index in [2.05, 4.69) is 31.3 Å². The van der Waals surface area contributed by atoms with Crippen LogP contribution in [0.1, 0.15) is 219 Å². The minimum atomic E-state index is -1.98. The molecule has 19 heteroatoms. The molecule has 0 aromatic carbocycles. The van der Waals surface area contributed by atoms with E-state index >= 15 is 0 Å². The fourth-order valence-electron chi connectivity index (χ4n) is 10.6. The second kappa shape index (κ2) is 43.8. The van der Waals surface area contributed by atoms with E-state index in [0.717, 1.165) is 64.2 Å². The summed E-state index contributed by atoms with van der Waals surface area (Å²) in [5, 5.41) is 120. The first-order chi connectivity index (χ1) is 38.3. The van der Waals surface area contributed by atoms with Gasteiger partial charge in [-0.05, 0) is 44.9 Å². The van der Waals surface area contributed by atoms with Crippen molar-refractivity contribution in [2.75, 3.05) is 26.4 Å². The molecule has 3 fully saturated rings. The van der Waals surface area contributed by atoms with Crippen LogP contribution in [0.25, 0.3) is 0 Å². The number of hydrogen-bond donors (Lipinski definition) is 12. The van der Waals surface area contributed by atoms with Crippen molar-refractivity contribution in [3.05, 3.63) is 24.3 Å². The zero-order chi connectivity index (χ0) is 57.6. The fraction of sp³-hybridized carbons (Fsp3) is 0.917. The maximum Gasteiger partial charge on any atom is 0.220 e. The number of ether oxygens (including phenoxy) is 6. The molecule has 0 radical (unpaired) electrons. The van der Waals surface area contributed by atoms with Gasteiger partial charge in [-0.25, -0.2) is 0 Å². The molecule has 19 nitrogen and oxygen atoms in total. The average molecular weight is 1130 g/mol. The monoisotopic (exact) mass is 1130 g/mol. The minimum absolute atomic E-state index is 0.235. The number of rotatable bonds is 46. The normalized spacial score (nSPS) is 30.4. The molecule has 464 valence electrons. The Kier molecular flexibility index (Phi) is 39.7. The maximum absolute atomic E-state index is 13.3. The molecule has 3 aliphatic rings. The number of aliphatic hydroxyl groups is 11. The highest BCUT2D eigenvalue weighted by Gasteiger charge is 2.53. The van der Waals surface area contributed by atoms with Crippen molar-refractivity contribution in [2.24, 2.45) is 0 Å². The highest BCUT2D eigenvalue weighted by atomic mass is 16.8. The molecule has 17 unspecified atom stereocenters. The third-order valence-electron chi connectivity index (χ3n) is 15.7. The Hall–Kier alpha value is -1.73. The first-order valence-corrected chi connectivity index (χ1v) is 31.1. The fourth-order valence-corrected chi connectivity index (χ4v) is 10.6. The van der Waals surface area contributed by atoms with E-state index in [-0.39, 0.29) is 18.9 Å². The van der Waals surface area contributed by atoms with Crippen molar-refractivity contribution in [3.63, 3.8) is 0 Å². The first kappa shape index (κ1) is 71.5. The van der Waals surface area contributed by atoms with Crippen LogP contribution >= 0.6 is 0 Å². The smallest absolute Gasteiger partial charge is 0.220 e. The lowest BCUT2D eigenvalue weighted by atomic mass is 9.96. The van der Waals surface area contributed by atoms with Gasteiger partial charge in [-0.2, -0.15) is 0 Å². The highest BCUT2D eigenvalue weighted by Crippen LogP contribution is 2.33. The molecule has 79 heavy (non-hydrogen) atoms. The van der Waals surface area contributed by atoms with Gasteiger partial charge in [0.2, 0.25) is 5.91 Å². The second-order valence-corrected chi connectivity index (χ2v) is 22.5. The minimum Gasteiger partial charge on any atom is -0.394 e. The van der Waals surface area contributed by atoms with Gasteiger partial charge in [-0.1, -0.05) is 192 Å². The van der Waals surface area contributed by atoms with Gasteiger partial charge in [-0.15, -0.1) is 0 Å². The molecule has 0 aromatic heterocycles. The molecule has 0 saturated carbocycles. The molecule has 3 rings (SSSR count). The molecule has 1 amide bonds. The van der Waals surface area contributed by atoms with Gasteiger partial charge < -0.3 is 89.9 Å².